The van der Waals surface area contributed by atoms with Gasteiger partial charge in [0.05, 0.1) is 11.8 Å². The fraction of sp³-hybridized carbons (Fsp3) is 0.556. The molecule has 1 saturated heterocycles. The van der Waals surface area contributed by atoms with Crippen molar-refractivity contribution in [1.82, 2.24) is 14.9 Å². The molecule has 0 unspecified atom stereocenters. The van der Waals surface area contributed by atoms with E-state index in [0.717, 1.165) is 37.0 Å². The number of ether oxygens (including phenoxy) is 1. The van der Waals surface area contributed by atoms with Gasteiger partial charge >= 0.3 is 0 Å². The number of fused-ring (bicyclic) bond motifs is 1. The minimum Gasteiger partial charge on any atom is -0.463 e. The molecule has 186 valence electrons. The fourth-order valence-electron chi connectivity index (χ4n) is 5.61. The number of aliphatic hydroxyl groups excluding tert-OH is 1. The first-order valence-electron chi connectivity index (χ1n) is 12.7. The first-order chi connectivity index (χ1) is 16.8. The summed E-state index contributed by atoms with van der Waals surface area (Å²) >= 11 is 0. The smallest absolute Gasteiger partial charge is 0.246 e. The maximum absolute atomic E-state index is 12.7. The molecule has 3 heterocycles. The molecule has 3 aliphatic rings. The summed E-state index contributed by atoms with van der Waals surface area (Å²) in [7, 11) is 0. The van der Waals surface area contributed by atoms with E-state index in [1.165, 1.54) is 11.9 Å². The molecule has 2 aromatic rings. The molecule has 1 saturated carbocycles. The van der Waals surface area contributed by atoms with Gasteiger partial charge in [0.2, 0.25) is 11.8 Å². The Morgan fingerprint density at radius 2 is 1.77 bits per heavy atom. The van der Waals surface area contributed by atoms with Crippen LogP contribution >= 0.6 is 0 Å². The Balaban J connectivity index is 1.21. The van der Waals surface area contributed by atoms with Gasteiger partial charge in [-0.15, -0.1) is 0 Å². The highest BCUT2D eigenvalue weighted by molar-refractivity contribution is 6.09. The van der Waals surface area contributed by atoms with Gasteiger partial charge in [0.1, 0.15) is 11.9 Å². The highest BCUT2D eigenvalue weighted by atomic mass is 16.5. The lowest BCUT2D eigenvalue weighted by atomic mass is 9.77. The summed E-state index contributed by atoms with van der Waals surface area (Å²) in [6.45, 7) is 5.35. The van der Waals surface area contributed by atoms with E-state index in [4.69, 9.17) is 15.5 Å². The molecule has 35 heavy (non-hydrogen) atoms. The maximum Gasteiger partial charge on any atom is 0.246 e. The van der Waals surface area contributed by atoms with Crippen LogP contribution in [0.4, 0.5) is 11.5 Å². The summed E-state index contributed by atoms with van der Waals surface area (Å²) in [5, 5.41) is 9.67. The summed E-state index contributed by atoms with van der Waals surface area (Å²) in [5.41, 5.74) is 9.01. The van der Waals surface area contributed by atoms with Crippen LogP contribution in [0.2, 0.25) is 0 Å². The lowest BCUT2D eigenvalue weighted by Gasteiger charge is -2.33. The van der Waals surface area contributed by atoms with E-state index in [-0.39, 0.29) is 12.0 Å². The minimum atomic E-state index is -0.633. The molecular formula is C27H35N5O3. The van der Waals surface area contributed by atoms with Crippen LogP contribution in [0.5, 0.6) is 5.88 Å². The van der Waals surface area contributed by atoms with Gasteiger partial charge in [-0.3, -0.25) is 4.79 Å². The zero-order valence-electron chi connectivity index (χ0n) is 20.6. The maximum atomic E-state index is 12.7. The number of hydrogen-bond donors (Lipinski definition) is 2. The van der Waals surface area contributed by atoms with Crippen molar-refractivity contribution in [2.75, 3.05) is 18.8 Å². The third-order valence-electron chi connectivity index (χ3n) is 7.75. The van der Waals surface area contributed by atoms with Crippen LogP contribution in [-0.2, 0) is 4.79 Å². The number of piperidine rings is 1. The molecule has 1 aromatic carbocycles. The molecule has 3 N–H and O–H groups in total. The summed E-state index contributed by atoms with van der Waals surface area (Å²) in [6, 6.07) is 8.63. The molecular weight excluding hydrogens is 442 g/mol. The van der Waals surface area contributed by atoms with Crippen molar-refractivity contribution in [2.24, 2.45) is 10.9 Å². The molecule has 0 radical (unpaired) electrons. The Bertz CT molecular complexity index is 1100. The van der Waals surface area contributed by atoms with Crippen LogP contribution in [0.15, 0.2) is 35.6 Å². The van der Waals surface area contributed by atoms with Gasteiger partial charge in [-0.2, -0.15) is 4.98 Å². The fourth-order valence-corrected chi connectivity index (χ4v) is 5.61. The number of carbonyl (C=O) groups is 1. The Morgan fingerprint density at radius 1 is 1.09 bits per heavy atom. The number of aliphatic hydroxyl groups is 1. The quantitative estimate of drug-likeness (QED) is 0.688. The predicted octanol–water partition coefficient (Wildman–Crippen LogP) is 4.00. The molecule has 8 nitrogen and oxygen atoms in total. The first kappa shape index (κ1) is 23.7. The average molecular weight is 478 g/mol. The number of carbonyl (C=O) groups excluding carboxylic acids is 1. The summed E-state index contributed by atoms with van der Waals surface area (Å²) in [6.07, 6.45) is 7.58. The van der Waals surface area contributed by atoms with E-state index in [9.17, 15) is 9.90 Å². The summed E-state index contributed by atoms with van der Waals surface area (Å²) in [5.74, 6) is 1.97. The van der Waals surface area contributed by atoms with E-state index in [2.05, 4.69) is 34.2 Å². The molecule has 0 atom stereocenters. The predicted molar refractivity (Wildman–Crippen MR) is 135 cm³/mol. The lowest BCUT2D eigenvalue weighted by molar-refractivity contribution is -0.134. The third-order valence-corrected chi connectivity index (χ3v) is 7.75. The van der Waals surface area contributed by atoms with Crippen molar-refractivity contribution >= 4 is 23.1 Å². The number of anilines is 1. The largest absolute Gasteiger partial charge is 0.463 e. The van der Waals surface area contributed by atoms with Crippen molar-refractivity contribution < 1.29 is 14.6 Å². The lowest BCUT2D eigenvalue weighted by Crippen LogP contribution is -2.41. The zero-order chi connectivity index (χ0) is 24.6. The second-order valence-electron chi connectivity index (χ2n) is 10.6. The van der Waals surface area contributed by atoms with Crippen LogP contribution in [0.25, 0.3) is 0 Å². The van der Waals surface area contributed by atoms with Crippen LogP contribution in [0.3, 0.4) is 0 Å². The topological polar surface area (TPSA) is 114 Å². The third kappa shape index (κ3) is 5.03. The molecule has 1 aromatic heterocycles. The highest BCUT2D eigenvalue weighted by Gasteiger charge is 2.35. The molecule has 2 fully saturated rings. The Kier molecular flexibility index (Phi) is 6.49. The van der Waals surface area contributed by atoms with Gasteiger partial charge in [-0.1, -0.05) is 24.3 Å². The van der Waals surface area contributed by atoms with Crippen LogP contribution in [0.1, 0.15) is 75.8 Å². The highest BCUT2D eigenvalue weighted by Crippen LogP contribution is 2.40. The van der Waals surface area contributed by atoms with Gasteiger partial charge < -0.3 is 20.5 Å². The Morgan fingerprint density at radius 3 is 2.46 bits per heavy atom. The number of hydrogen-bond acceptors (Lipinski definition) is 7. The molecule has 5 rings (SSSR count). The van der Waals surface area contributed by atoms with Gasteiger partial charge in [0.15, 0.2) is 11.5 Å². The first-order valence-corrected chi connectivity index (χ1v) is 12.7. The van der Waals surface area contributed by atoms with Crippen molar-refractivity contribution in [2.45, 2.75) is 76.4 Å². The number of likely N-dealkylation sites (tertiary alicyclic amines) is 1. The molecule has 2 aliphatic heterocycles. The van der Waals surface area contributed by atoms with Crippen LogP contribution in [0, 0.1) is 5.92 Å². The van der Waals surface area contributed by atoms with Gasteiger partial charge in [-0.05, 0) is 69.8 Å². The van der Waals surface area contributed by atoms with Crippen molar-refractivity contribution in [3.8, 4) is 5.88 Å². The Labute approximate surface area is 206 Å². The van der Waals surface area contributed by atoms with E-state index < -0.39 is 5.60 Å². The number of nitrogen functional groups attached to an aromatic ring is 1. The van der Waals surface area contributed by atoms with Crippen LogP contribution in [-0.4, -0.2) is 56.4 Å². The SMILES string of the molecule is CC1(C)Oc2ncnc(N)c2N=C1c1ccc([C@H]2CC[C@H](CC(=O)N3CCC(O)CC3)CC2)cc1. The molecule has 1 aliphatic carbocycles. The number of rotatable bonds is 4. The van der Waals surface area contributed by atoms with E-state index in [1.807, 2.05) is 18.7 Å². The van der Waals surface area contributed by atoms with Gasteiger partial charge in [0, 0.05) is 25.1 Å². The van der Waals surface area contributed by atoms with E-state index >= 15 is 0 Å². The average Bonchev–Trinajstić information content (AvgIpc) is 2.84. The van der Waals surface area contributed by atoms with Crippen molar-refractivity contribution in [1.29, 1.82) is 0 Å². The number of benzene rings is 1. The standard InChI is InChI=1S/C27H35N5O3/c1-27(2)24(31-23-25(28)29-16-30-26(23)35-27)20-9-7-19(8-10-20)18-5-3-17(4-6-18)15-22(34)32-13-11-21(33)12-14-32/h7-10,16-18,21,33H,3-6,11-15H2,1-2H3,(H2,28,29,30)/t17-,18-. The van der Waals surface area contributed by atoms with Crippen molar-refractivity contribution in [3.05, 3.63) is 41.7 Å². The van der Waals surface area contributed by atoms with Crippen molar-refractivity contribution in [3.63, 3.8) is 0 Å². The number of amides is 1. The van der Waals surface area contributed by atoms with Gasteiger partial charge in [-0.25, -0.2) is 9.98 Å². The molecule has 0 spiro atoms. The summed E-state index contributed by atoms with van der Waals surface area (Å²) in [4.78, 5) is 27.6. The monoisotopic (exact) mass is 477 g/mol. The normalized spacial score (nSPS) is 24.3. The second kappa shape index (κ2) is 9.57. The number of nitrogens with two attached hydrogens (primary N) is 1. The zero-order valence-corrected chi connectivity index (χ0v) is 20.6. The Hall–Kier alpha value is -3.00. The number of nitrogens with zero attached hydrogens (tertiary/aromatic N) is 4. The minimum absolute atomic E-state index is 0.243. The van der Waals surface area contributed by atoms with Crippen LogP contribution < -0.4 is 10.5 Å². The van der Waals surface area contributed by atoms with E-state index in [0.29, 0.717) is 61.6 Å². The number of aromatic nitrogens is 2. The molecule has 0 bridgehead atoms. The number of aliphatic imine (C=N–C) groups is 1. The van der Waals surface area contributed by atoms with E-state index in [1.54, 1.807) is 0 Å². The molecule has 8 heteroatoms. The second-order valence-corrected chi connectivity index (χ2v) is 10.6. The van der Waals surface area contributed by atoms with Gasteiger partial charge in [0.25, 0.3) is 0 Å². The summed E-state index contributed by atoms with van der Waals surface area (Å²) < 4.78 is 6.10. The molecule has 1 amide bonds.